The Morgan fingerprint density at radius 3 is 1.60 bits per heavy atom. The van der Waals surface area contributed by atoms with Crippen molar-refractivity contribution in [3.05, 3.63) is 71.7 Å². The van der Waals surface area contributed by atoms with E-state index in [0.717, 1.165) is 0 Å². The van der Waals surface area contributed by atoms with Gasteiger partial charge in [-0.25, -0.2) is 0 Å². The highest BCUT2D eigenvalue weighted by Crippen LogP contribution is 1.91. The van der Waals surface area contributed by atoms with Crippen molar-refractivity contribution in [2.24, 2.45) is 0 Å². The van der Waals surface area contributed by atoms with E-state index in [1.807, 2.05) is 66.4 Å². The summed E-state index contributed by atoms with van der Waals surface area (Å²) >= 11 is 1.71. The van der Waals surface area contributed by atoms with Gasteiger partial charge in [0.2, 0.25) is 0 Å². The predicted octanol–water partition coefficient (Wildman–Crippen LogP) is 3.76. The summed E-state index contributed by atoms with van der Waals surface area (Å²) in [4.78, 5) is 0. The van der Waals surface area contributed by atoms with E-state index in [4.69, 9.17) is 0 Å². The highest BCUT2D eigenvalue weighted by Gasteiger charge is 1.75. The number of hydrogen-bond donors (Lipinski definition) is 0. The molecule has 75 valence electrons. The first-order valence-electron chi connectivity index (χ1n) is 4.61. The van der Waals surface area contributed by atoms with Gasteiger partial charge in [0, 0.05) is 0 Å². The summed E-state index contributed by atoms with van der Waals surface area (Å²) in [5, 5.41) is 4.08. The molecule has 0 spiro atoms. The zero-order chi connectivity index (χ0) is 10.6. The van der Waals surface area contributed by atoms with Crippen LogP contribution in [0, 0.1) is 0 Å². The maximum Gasteiger partial charge on any atom is 0.171 e. The third-order valence-electron chi connectivity index (χ3n) is 1.41. The Balaban J connectivity index is 0.000000112. The van der Waals surface area contributed by atoms with E-state index in [2.05, 4.69) is 4.42 Å². The molecule has 1 aliphatic rings. The number of rotatable bonds is 0. The summed E-state index contributed by atoms with van der Waals surface area (Å²) in [6.45, 7) is 0. The number of allylic oxidation sites excluding steroid dienone is 2. The topological polar surface area (TPSA) is 13.1 Å². The second-order valence-electron chi connectivity index (χ2n) is 2.55. The maximum atomic E-state index is 4.58. The van der Waals surface area contributed by atoms with E-state index in [0.29, 0.717) is 0 Å². The molecule has 2 aromatic rings. The zero-order valence-electron chi connectivity index (χ0n) is 8.32. The molecule has 0 saturated carbocycles. The Labute approximate surface area is 95.0 Å². The highest BCUT2D eigenvalue weighted by atomic mass is 32.1. The van der Waals surface area contributed by atoms with Crippen molar-refractivity contribution < 1.29 is 4.42 Å². The first-order chi connectivity index (χ1) is 7.50. The number of hydrogen-bond acceptors (Lipinski definition) is 2. The molecule has 0 bridgehead atoms. The van der Waals surface area contributed by atoms with Crippen LogP contribution in [0.25, 0.3) is 0 Å². The average molecular weight is 215 g/mol. The first kappa shape index (κ1) is 11.6. The predicted molar refractivity (Wildman–Crippen MR) is 67.1 cm³/mol. The number of furan rings is 1. The maximum absolute atomic E-state index is 4.58. The van der Waals surface area contributed by atoms with Gasteiger partial charge in [-0.3, -0.25) is 0 Å². The second-order valence-corrected chi connectivity index (χ2v) is 3.37. The Bertz CT molecular complexity index is 278. The van der Waals surface area contributed by atoms with Crippen molar-refractivity contribution in [3.63, 3.8) is 0 Å². The SMILES string of the molecule is [B]1C=CC=C1.c1ccoc1.c1ccsc1. The van der Waals surface area contributed by atoms with Gasteiger partial charge < -0.3 is 4.42 Å². The summed E-state index contributed by atoms with van der Waals surface area (Å²) in [6.07, 6.45) is 7.25. The lowest BCUT2D eigenvalue weighted by atomic mass is 9.83. The fourth-order valence-electron chi connectivity index (χ4n) is 0.774. The van der Waals surface area contributed by atoms with Crippen molar-refractivity contribution >= 4 is 18.6 Å². The lowest BCUT2D eigenvalue weighted by Gasteiger charge is -1.51. The van der Waals surface area contributed by atoms with Crippen LogP contribution in [-0.2, 0) is 0 Å². The zero-order valence-corrected chi connectivity index (χ0v) is 9.14. The summed E-state index contributed by atoms with van der Waals surface area (Å²) < 4.78 is 4.58. The van der Waals surface area contributed by atoms with Gasteiger partial charge in [-0.2, -0.15) is 11.3 Å². The van der Waals surface area contributed by atoms with E-state index in [9.17, 15) is 0 Å². The van der Waals surface area contributed by atoms with Crippen LogP contribution in [-0.4, -0.2) is 7.28 Å². The van der Waals surface area contributed by atoms with Gasteiger partial charge in [0.15, 0.2) is 7.28 Å². The standard InChI is InChI=1S/C4H4B.C4H4O.C4H4S/c3*1-2-4-5-3-1/h3*1-4H. The normalized spacial score (nSPS) is 10.7. The molecule has 3 heterocycles. The largest absolute Gasteiger partial charge is 0.473 e. The van der Waals surface area contributed by atoms with Gasteiger partial charge in [-0.15, -0.1) is 12.0 Å². The van der Waals surface area contributed by atoms with Gasteiger partial charge in [0.1, 0.15) is 0 Å². The van der Waals surface area contributed by atoms with Crippen LogP contribution >= 0.6 is 11.3 Å². The minimum atomic E-state index is 1.62. The van der Waals surface area contributed by atoms with Crippen molar-refractivity contribution in [3.8, 4) is 0 Å². The molecule has 0 unspecified atom stereocenters. The van der Waals surface area contributed by atoms with Gasteiger partial charge in [0.25, 0.3) is 0 Å². The minimum Gasteiger partial charge on any atom is -0.473 e. The Morgan fingerprint density at radius 1 is 0.800 bits per heavy atom. The Kier molecular flexibility index (Phi) is 7.03. The van der Waals surface area contributed by atoms with Crippen LogP contribution < -0.4 is 0 Å². The number of thiophene rings is 1. The van der Waals surface area contributed by atoms with Crippen molar-refractivity contribution in [2.75, 3.05) is 0 Å². The fraction of sp³-hybridized carbons (Fsp3) is 0. The minimum absolute atomic E-state index is 1.62. The van der Waals surface area contributed by atoms with Gasteiger partial charge in [-0.1, -0.05) is 24.3 Å². The Morgan fingerprint density at radius 2 is 1.40 bits per heavy atom. The van der Waals surface area contributed by atoms with E-state index in [1.165, 1.54) is 0 Å². The smallest absolute Gasteiger partial charge is 0.171 e. The molecule has 1 radical (unpaired) electrons. The van der Waals surface area contributed by atoms with Gasteiger partial charge >= 0.3 is 0 Å². The summed E-state index contributed by atoms with van der Waals surface area (Å²) in [5.74, 6) is 4.00. The van der Waals surface area contributed by atoms with Crippen molar-refractivity contribution in [2.45, 2.75) is 0 Å². The fourth-order valence-corrected chi connectivity index (χ4v) is 1.23. The molecular formula is C12H12BOS. The molecule has 0 amide bonds. The van der Waals surface area contributed by atoms with Crippen LogP contribution in [0.4, 0.5) is 0 Å². The van der Waals surface area contributed by atoms with Crippen LogP contribution in [0.5, 0.6) is 0 Å². The van der Waals surface area contributed by atoms with E-state index in [-0.39, 0.29) is 0 Å². The summed E-state index contributed by atoms with van der Waals surface area (Å²) in [7, 11) is 2.00. The van der Waals surface area contributed by atoms with E-state index >= 15 is 0 Å². The quantitative estimate of drug-likeness (QED) is 0.610. The van der Waals surface area contributed by atoms with Gasteiger partial charge in [-0.05, 0) is 22.9 Å². The molecule has 0 N–H and O–H groups in total. The van der Waals surface area contributed by atoms with Crippen LogP contribution in [0.3, 0.4) is 0 Å². The lowest BCUT2D eigenvalue weighted by Crippen LogP contribution is -1.63. The summed E-state index contributed by atoms with van der Waals surface area (Å²) in [6, 6.07) is 7.70. The molecule has 0 fully saturated rings. The third kappa shape index (κ3) is 7.58. The first-order valence-corrected chi connectivity index (χ1v) is 5.55. The van der Waals surface area contributed by atoms with Gasteiger partial charge in [0.05, 0.1) is 12.5 Å². The molecule has 3 heteroatoms. The Hall–Kier alpha value is -1.48. The lowest BCUT2D eigenvalue weighted by molar-refractivity contribution is 0.567. The van der Waals surface area contributed by atoms with Crippen molar-refractivity contribution in [1.29, 1.82) is 0 Å². The molecule has 15 heavy (non-hydrogen) atoms. The monoisotopic (exact) mass is 215 g/mol. The summed E-state index contributed by atoms with van der Waals surface area (Å²) in [5.41, 5.74) is 0. The van der Waals surface area contributed by atoms with Crippen LogP contribution in [0.1, 0.15) is 0 Å². The molecule has 3 rings (SSSR count). The molecular weight excluding hydrogens is 203 g/mol. The molecule has 1 aliphatic heterocycles. The second kappa shape index (κ2) is 9.09. The van der Waals surface area contributed by atoms with E-state index < -0.39 is 0 Å². The molecule has 0 atom stereocenters. The van der Waals surface area contributed by atoms with Crippen molar-refractivity contribution in [1.82, 2.24) is 0 Å². The molecule has 1 nitrogen and oxygen atoms in total. The molecule has 0 saturated heterocycles. The van der Waals surface area contributed by atoms with Crippen LogP contribution in [0.2, 0.25) is 0 Å². The molecule has 2 aromatic heterocycles. The van der Waals surface area contributed by atoms with E-state index in [1.54, 1.807) is 23.9 Å². The highest BCUT2D eigenvalue weighted by molar-refractivity contribution is 7.07. The molecule has 0 aliphatic carbocycles. The van der Waals surface area contributed by atoms with Crippen LogP contribution in [0.15, 0.2) is 76.1 Å². The average Bonchev–Trinajstić information content (AvgIpc) is 3.09. The molecule has 0 aromatic carbocycles. The third-order valence-corrected chi connectivity index (χ3v) is 2.03.